The third-order valence-electron chi connectivity index (χ3n) is 2.83. The normalized spacial score (nSPS) is 10.3. The SMILES string of the molecule is Cc1cc(=O)c(C(=O)Nc2ccc(F)c(CN)c2)c[nH]1. The quantitative estimate of drug-likeness (QED) is 0.793. The van der Waals surface area contributed by atoms with E-state index < -0.39 is 11.7 Å². The highest BCUT2D eigenvalue weighted by Gasteiger charge is 2.11. The second kappa shape index (κ2) is 5.66. The Bertz CT molecular complexity index is 710. The van der Waals surface area contributed by atoms with Gasteiger partial charge in [-0.1, -0.05) is 0 Å². The molecular formula is C14H14FN3O2. The average molecular weight is 275 g/mol. The molecule has 0 saturated heterocycles. The van der Waals surface area contributed by atoms with Crippen molar-refractivity contribution in [2.24, 2.45) is 5.73 Å². The van der Waals surface area contributed by atoms with Crippen LogP contribution in [-0.4, -0.2) is 10.9 Å². The van der Waals surface area contributed by atoms with Gasteiger partial charge in [0.1, 0.15) is 11.4 Å². The number of aromatic amines is 1. The number of carbonyl (C=O) groups is 1. The summed E-state index contributed by atoms with van der Waals surface area (Å²) in [6.45, 7) is 1.75. The number of pyridine rings is 1. The van der Waals surface area contributed by atoms with Gasteiger partial charge in [0.25, 0.3) is 5.91 Å². The molecule has 1 aromatic heterocycles. The molecule has 2 aromatic rings. The topological polar surface area (TPSA) is 88.0 Å². The van der Waals surface area contributed by atoms with Crippen LogP contribution >= 0.6 is 0 Å². The first-order valence-electron chi connectivity index (χ1n) is 6.00. The average Bonchev–Trinajstić information content (AvgIpc) is 2.40. The van der Waals surface area contributed by atoms with Crippen molar-refractivity contribution in [1.82, 2.24) is 4.98 Å². The fraction of sp³-hybridized carbons (Fsp3) is 0.143. The molecule has 1 amide bonds. The zero-order valence-corrected chi connectivity index (χ0v) is 10.9. The Labute approximate surface area is 114 Å². The molecule has 1 heterocycles. The van der Waals surface area contributed by atoms with Crippen molar-refractivity contribution in [1.29, 1.82) is 0 Å². The first-order chi connectivity index (χ1) is 9.51. The van der Waals surface area contributed by atoms with Crippen molar-refractivity contribution in [3.63, 3.8) is 0 Å². The number of aromatic nitrogens is 1. The molecule has 0 radical (unpaired) electrons. The predicted molar refractivity (Wildman–Crippen MR) is 74.0 cm³/mol. The molecule has 0 aliphatic carbocycles. The third-order valence-corrected chi connectivity index (χ3v) is 2.83. The molecule has 20 heavy (non-hydrogen) atoms. The lowest BCUT2D eigenvalue weighted by Gasteiger charge is -2.07. The lowest BCUT2D eigenvalue weighted by Crippen LogP contribution is -2.21. The number of H-pyrrole nitrogens is 1. The molecular weight excluding hydrogens is 261 g/mol. The van der Waals surface area contributed by atoms with Crippen LogP contribution in [0.4, 0.5) is 10.1 Å². The second-order valence-corrected chi connectivity index (χ2v) is 4.36. The predicted octanol–water partition coefficient (Wildman–Crippen LogP) is 1.53. The number of nitrogens with two attached hydrogens (primary N) is 1. The summed E-state index contributed by atoms with van der Waals surface area (Å²) in [7, 11) is 0. The van der Waals surface area contributed by atoms with Crippen molar-refractivity contribution in [2.45, 2.75) is 13.5 Å². The van der Waals surface area contributed by atoms with Crippen LogP contribution in [0.25, 0.3) is 0 Å². The van der Waals surface area contributed by atoms with Gasteiger partial charge < -0.3 is 16.0 Å². The van der Waals surface area contributed by atoms with Crippen LogP contribution in [0, 0.1) is 12.7 Å². The lowest BCUT2D eigenvalue weighted by atomic mass is 10.1. The molecule has 2 rings (SSSR count). The number of halogens is 1. The number of aryl methyl sites for hydroxylation is 1. The van der Waals surface area contributed by atoms with Gasteiger partial charge in [0.2, 0.25) is 0 Å². The summed E-state index contributed by atoms with van der Waals surface area (Å²) in [6.07, 6.45) is 1.35. The Morgan fingerprint density at radius 2 is 2.15 bits per heavy atom. The van der Waals surface area contributed by atoms with Crippen molar-refractivity contribution >= 4 is 11.6 Å². The molecule has 0 spiro atoms. The first kappa shape index (κ1) is 14.0. The van der Waals surface area contributed by atoms with Gasteiger partial charge in [0, 0.05) is 35.8 Å². The van der Waals surface area contributed by atoms with E-state index in [4.69, 9.17) is 5.73 Å². The van der Waals surface area contributed by atoms with E-state index in [0.717, 1.165) is 0 Å². The Morgan fingerprint density at radius 3 is 2.80 bits per heavy atom. The maximum atomic E-state index is 13.3. The number of nitrogens with one attached hydrogen (secondary N) is 2. The summed E-state index contributed by atoms with van der Waals surface area (Å²) in [4.78, 5) is 26.5. The smallest absolute Gasteiger partial charge is 0.261 e. The van der Waals surface area contributed by atoms with E-state index in [2.05, 4.69) is 10.3 Å². The molecule has 0 aliphatic rings. The second-order valence-electron chi connectivity index (χ2n) is 4.36. The van der Waals surface area contributed by atoms with Crippen molar-refractivity contribution in [3.8, 4) is 0 Å². The number of amides is 1. The summed E-state index contributed by atoms with van der Waals surface area (Å²) < 4.78 is 13.3. The van der Waals surface area contributed by atoms with Crippen LogP contribution in [-0.2, 0) is 6.54 Å². The molecule has 0 aliphatic heterocycles. The number of benzene rings is 1. The monoisotopic (exact) mass is 275 g/mol. The van der Waals surface area contributed by atoms with Crippen LogP contribution in [0.15, 0.2) is 35.3 Å². The van der Waals surface area contributed by atoms with Gasteiger partial charge in [0.05, 0.1) is 0 Å². The van der Waals surface area contributed by atoms with Crippen LogP contribution in [0.2, 0.25) is 0 Å². The van der Waals surface area contributed by atoms with E-state index in [9.17, 15) is 14.0 Å². The molecule has 5 nitrogen and oxygen atoms in total. The van der Waals surface area contributed by atoms with Crippen molar-refractivity contribution < 1.29 is 9.18 Å². The van der Waals surface area contributed by atoms with E-state index in [1.165, 1.54) is 30.5 Å². The molecule has 4 N–H and O–H groups in total. The highest BCUT2D eigenvalue weighted by Crippen LogP contribution is 2.14. The largest absolute Gasteiger partial charge is 0.364 e. The Hall–Kier alpha value is -2.47. The summed E-state index contributed by atoms with van der Waals surface area (Å²) in [5, 5.41) is 2.54. The Balaban J connectivity index is 2.25. The molecule has 0 fully saturated rings. The highest BCUT2D eigenvalue weighted by atomic mass is 19.1. The van der Waals surface area contributed by atoms with E-state index in [1.54, 1.807) is 6.92 Å². The zero-order valence-electron chi connectivity index (χ0n) is 10.9. The summed E-state index contributed by atoms with van der Waals surface area (Å²) in [6, 6.07) is 5.41. The number of hydrogen-bond donors (Lipinski definition) is 3. The van der Waals surface area contributed by atoms with Gasteiger partial charge in [0.15, 0.2) is 5.43 Å². The third kappa shape index (κ3) is 2.92. The minimum Gasteiger partial charge on any atom is -0.364 e. The van der Waals surface area contributed by atoms with Gasteiger partial charge >= 0.3 is 0 Å². The molecule has 104 valence electrons. The van der Waals surface area contributed by atoms with E-state index >= 15 is 0 Å². The zero-order chi connectivity index (χ0) is 14.7. The maximum absolute atomic E-state index is 13.3. The molecule has 0 unspecified atom stereocenters. The Kier molecular flexibility index (Phi) is 3.95. The molecule has 0 saturated carbocycles. The van der Waals surface area contributed by atoms with Gasteiger partial charge in [-0.15, -0.1) is 0 Å². The fourth-order valence-corrected chi connectivity index (χ4v) is 1.76. The minimum absolute atomic E-state index is 0.00535. The van der Waals surface area contributed by atoms with Crippen LogP contribution in [0.1, 0.15) is 21.6 Å². The lowest BCUT2D eigenvalue weighted by molar-refractivity contribution is 0.102. The molecule has 0 bridgehead atoms. The van der Waals surface area contributed by atoms with Crippen molar-refractivity contribution in [3.05, 3.63) is 63.3 Å². The van der Waals surface area contributed by atoms with E-state index in [1.807, 2.05) is 0 Å². The fourth-order valence-electron chi connectivity index (χ4n) is 1.76. The number of anilines is 1. The highest BCUT2D eigenvalue weighted by molar-refractivity contribution is 6.04. The van der Waals surface area contributed by atoms with Crippen LogP contribution in [0.5, 0.6) is 0 Å². The Morgan fingerprint density at radius 1 is 1.40 bits per heavy atom. The van der Waals surface area contributed by atoms with Gasteiger partial charge in [-0.05, 0) is 25.1 Å². The van der Waals surface area contributed by atoms with Crippen LogP contribution < -0.4 is 16.5 Å². The number of hydrogen-bond acceptors (Lipinski definition) is 3. The maximum Gasteiger partial charge on any atom is 0.261 e. The van der Waals surface area contributed by atoms with Gasteiger partial charge in [-0.25, -0.2) is 4.39 Å². The number of carbonyl (C=O) groups excluding carboxylic acids is 1. The minimum atomic E-state index is -0.555. The van der Waals surface area contributed by atoms with Crippen molar-refractivity contribution in [2.75, 3.05) is 5.32 Å². The standard InChI is InChI=1S/C14H14FN3O2/c1-8-4-13(19)11(7-17-8)14(20)18-10-2-3-12(15)9(5-10)6-16/h2-5,7H,6,16H2,1H3,(H,17,19)(H,18,20). The van der Waals surface area contributed by atoms with Gasteiger partial charge in [-0.3, -0.25) is 9.59 Å². The van der Waals surface area contributed by atoms with E-state index in [-0.39, 0.29) is 17.5 Å². The summed E-state index contributed by atoms with van der Waals surface area (Å²) >= 11 is 0. The molecule has 0 atom stereocenters. The van der Waals surface area contributed by atoms with Crippen LogP contribution in [0.3, 0.4) is 0 Å². The molecule has 1 aromatic carbocycles. The van der Waals surface area contributed by atoms with E-state index in [0.29, 0.717) is 16.9 Å². The number of rotatable bonds is 3. The van der Waals surface area contributed by atoms with Gasteiger partial charge in [-0.2, -0.15) is 0 Å². The first-order valence-corrected chi connectivity index (χ1v) is 6.00. The summed E-state index contributed by atoms with van der Waals surface area (Å²) in [5.41, 5.74) is 6.36. The summed E-state index contributed by atoms with van der Waals surface area (Å²) in [5.74, 6) is -0.987. The molecule has 6 heteroatoms.